The van der Waals surface area contributed by atoms with Crippen LogP contribution in [0.15, 0.2) is 18.2 Å². The van der Waals surface area contributed by atoms with E-state index >= 15 is 0 Å². The number of rotatable bonds is 5. The highest BCUT2D eigenvalue weighted by Crippen LogP contribution is 2.29. The summed E-state index contributed by atoms with van der Waals surface area (Å²) < 4.78 is 5.66. The Morgan fingerprint density at radius 2 is 2.11 bits per heavy atom. The zero-order chi connectivity index (χ0) is 13.0. The van der Waals surface area contributed by atoms with Gasteiger partial charge in [0, 0.05) is 6.42 Å². The largest absolute Gasteiger partial charge is 0.492 e. The first kappa shape index (κ1) is 13.7. The van der Waals surface area contributed by atoms with Gasteiger partial charge in [-0.2, -0.15) is 0 Å². The van der Waals surface area contributed by atoms with E-state index in [-0.39, 0.29) is 6.10 Å². The molecule has 0 amide bonds. The first-order valence-corrected chi connectivity index (χ1v) is 7.11. The number of benzene rings is 1. The van der Waals surface area contributed by atoms with Crippen LogP contribution in [0.5, 0.6) is 5.75 Å². The molecule has 1 aliphatic rings. The molecule has 18 heavy (non-hydrogen) atoms. The van der Waals surface area contributed by atoms with Crippen LogP contribution < -0.4 is 4.74 Å². The second-order valence-corrected chi connectivity index (χ2v) is 5.59. The summed E-state index contributed by atoms with van der Waals surface area (Å²) in [6, 6.07) is 5.74. The normalized spacial score (nSPS) is 17.9. The van der Waals surface area contributed by atoms with Gasteiger partial charge in [-0.15, -0.1) is 0 Å². The molecular formula is C15H21ClO2. The van der Waals surface area contributed by atoms with Crippen molar-refractivity contribution in [1.29, 1.82) is 0 Å². The average Bonchev–Trinajstić information content (AvgIpc) is 2.87. The molecule has 0 aromatic heterocycles. The van der Waals surface area contributed by atoms with E-state index in [0.29, 0.717) is 24.0 Å². The summed E-state index contributed by atoms with van der Waals surface area (Å²) in [5, 5.41) is 10.7. The molecule has 0 saturated heterocycles. The molecule has 0 aliphatic heterocycles. The Labute approximate surface area is 114 Å². The minimum absolute atomic E-state index is 0.226. The van der Waals surface area contributed by atoms with E-state index < -0.39 is 0 Å². The standard InChI is InChI=1S/C15H21ClO2/c1-11-6-7-13(16)15(10-11)18-9-8-14(17)12-4-2-3-5-12/h6-7,10,12,14,17H,2-5,8-9H2,1H3. The molecular weight excluding hydrogens is 248 g/mol. The number of hydrogen-bond donors (Lipinski definition) is 1. The van der Waals surface area contributed by atoms with Gasteiger partial charge in [-0.1, -0.05) is 30.5 Å². The number of aryl methyl sites for hydroxylation is 1. The molecule has 2 rings (SSSR count). The van der Waals surface area contributed by atoms with Crippen molar-refractivity contribution < 1.29 is 9.84 Å². The van der Waals surface area contributed by atoms with E-state index in [9.17, 15) is 5.11 Å². The lowest BCUT2D eigenvalue weighted by molar-refractivity contribution is 0.0853. The smallest absolute Gasteiger partial charge is 0.138 e. The minimum Gasteiger partial charge on any atom is -0.492 e. The number of ether oxygens (including phenoxy) is 1. The van der Waals surface area contributed by atoms with Crippen molar-refractivity contribution in [2.45, 2.75) is 45.1 Å². The number of halogens is 1. The molecule has 2 nitrogen and oxygen atoms in total. The van der Waals surface area contributed by atoms with E-state index in [1.165, 1.54) is 12.8 Å². The number of aliphatic hydroxyl groups is 1. The lowest BCUT2D eigenvalue weighted by Gasteiger charge is -2.18. The lowest BCUT2D eigenvalue weighted by atomic mass is 9.99. The average molecular weight is 269 g/mol. The van der Waals surface area contributed by atoms with Gasteiger partial charge in [0.15, 0.2) is 0 Å². The van der Waals surface area contributed by atoms with Crippen molar-refractivity contribution in [2.75, 3.05) is 6.61 Å². The minimum atomic E-state index is -0.226. The molecule has 0 heterocycles. The third-order valence-electron chi connectivity index (χ3n) is 3.70. The molecule has 1 saturated carbocycles. The second kappa shape index (κ2) is 6.44. The monoisotopic (exact) mass is 268 g/mol. The molecule has 0 bridgehead atoms. The number of hydrogen-bond acceptors (Lipinski definition) is 2. The van der Waals surface area contributed by atoms with Crippen molar-refractivity contribution >= 4 is 11.6 Å². The highest BCUT2D eigenvalue weighted by molar-refractivity contribution is 6.32. The summed E-state index contributed by atoms with van der Waals surface area (Å²) in [6.45, 7) is 2.54. The van der Waals surface area contributed by atoms with E-state index in [0.717, 1.165) is 24.2 Å². The van der Waals surface area contributed by atoms with Crippen LogP contribution in [0.2, 0.25) is 5.02 Å². The van der Waals surface area contributed by atoms with Crippen molar-refractivity contribution in [3.05, 3.63) is 28.8 Å². The third-order valence-corrected chi connectivity index (χ3v) is 4.01. The molecule has 1 aliphatic carbocycles. The van der Waals surface area contributed by atoms with Crippen molar-refractivity contribution in [3.63, 3.8) is 0 Å². The van der Waals surface area contributed by atoms with Crippen LogP contribution in [0.4, 0.5) is 0 Å². The second-order valence-electron chi connectivity index (χ2n) is 5.18. The molecule has 100 valence electrons. The first-order chi connectivity index (χ1) is 8.66. The van der Waals surface area contributed by atoms with Crippen LogP contribution in [0.1, 0.15) is 37.7 Å². The Kier molecular flexibility index (Phi) is 4.90. The Balaban J connectivity index is 1.79. The van der Waals surface area contributed by atoms with Crippen molar-refractivity contribution in [3.8, 4) is 5.75 Å². The SMILES string of the molecule is Cc1ccc(Cl)c(OCCC(O)C2CCCC2)c1. The summed E-state index contributed by atoms with van der Waals surface area (Å²) in [5.74, 6) is 1.19. The Morgan fingerprint density at radius 3 is 2.83 bits per heavy atom. The Bertz CT molecular complexity index is 386. The Hall–Kier alpha value is -0.730. The molecule has 1 fully saturated rings. The quantitative estimate of drug-likeness (QED) is 0.876. The van der Waals surface area contributed by atoms with Gasteiger partial charge in [-0.3, -0.25) is 0 Å². The van der Waals surface area contributed by atoms with E-state index in [4.69, 9.17) is 16.3 Å². The molecule has 1 atom stereocenters. The third kappa shape index (κ3) is 3.63. The van der Waals surface area contributed by atoms with Crippen molar-refractivity contribution in [1.82, 2.24) is 0 Å². The fourth-order valence-electron chi connectivity index (χ4n) is 2.59. The van der Waals surface area contributed by atoms with Crippen LogP contribution in [0.25, 0.3) is 0 Å². The van der Waals surface area contributed by atoms with Gasteiger partial charge in [0.2, 0.25) is 0 Å². The predicted molar refractivity (Wildman–Crippen MR) is 74.3 cm³/mol. The molecule has 0 radical (unpaired) electrons. The summed E-state index contributed by atoms with van der Waals surface area (Å²) in [7, 11) is 0. The maximum Gasteiger partial charge on any atom is 0.138 e. The summed E-state index contributed by atoms with van der Waals surface area (Å²) in [6.07, 6.45) is 5.29. The van der Waals surface area contributed by atoms with E-state index in [1.807, 2.05) is 25.1 Å². The van der Waals surface area contributed by atoms with Crippen LogP contribution >= 0.6 is 11.6 Å². The molecule has 1 unspecified atom stereocenters. The zero-order valence-corrected chi connectivity index (χ0v) is 11.6. The summed E-state index contributed by atoms with van der Waals surface area (Å²) >= 11 is 6.05. The summed E-state index contributed by atoms with van der Waals surface area (Å²) in [5.41, 5.74) is 1.13. The Morgan fingerprint density at radius 1 is 1.39 bits per heavy atom. The van der Waals surface area contributed by atoms with Gasteiger partial charge in [0.05, 0.1) is 17.7 Å². The van der Waals surface area contributed by atoms with Crippen LogP contribution in [-0.2, 0) is 0 Å². The maximum absolute atomic E-state index is 10.0. The summed E-state index contributed by atoms with van der Waals surface area (Å²) in [4.78, 5) is 0. The van der Waals surface area contributed by atoms with Crippen LogP contribution in [0.3, 0.4) is 0 Å². The van der Waals surface area contributed by atoms with E-state index in [2.05, 4.69) is 0 Å². The maximum atomic E-state index is 10.0. The van der Waals surface area contributed by atoms with Gasteiger partial charge in [-0.25, -0.2) is 0 Å². The molecule has 1 N–H and O–H groups in total. The van der Waals surface area contributed by atoms with Gasteiger partial charge in [0.1, 0.15) is 5.75 Å². The topological polar surface area (TPSA) is 29.5 Å². The van der Waals surface area contributed by atoms with Gasteiger partial charge in [-0.05, 0) is 43.4 Å². The lowest BCUT2D eigenvalue weighted by Crippen LogP contribution is -2.20. The highest BCUT2D eigenvalue weighted by atomic mass is 35.5. The molecule has 0 spiro atoms. The number of aliphatic hydroxyl groups excluding tert-OH is 1. The van der Waals surface area contributed by atoms with Gasteiger partial charge < -0.3 is 9.84 Å². The van der Waals surface area contributed by atoms with Crippen LogP contribution in [0, 0.1) is 12.8 Å². The van der Waals surface area contributed by atoms with Gasteiger partial charge in [0.25, 0.3) is 0 Å². The van der Waals surface area contributed by atoms with Gasteiger partial charge >= 0.3 is 0 Å². The zero-order valence-electron chi connectivity index (χ0n) is 10.9. The fourth-order valence-corrected chi connectivity index (χ4v) is 2.76. The molecule has 1 aromatic rings. The highest BCUT2D eigenvalue weighted by Gasteiger charge is 2.22. The van der Waals surface area contributed by atoms with Crippen molar-refractivity contribution in [2.24, 2.45) is 5.92 Å². The first-order valence-electron chi connectivity index (χ1n) is 6.74. The molecule has 3 heteroatoms. The van der Waals surface area contributed by atoms with Crippen LogP contribution in [-0.4, -0.2) is 17.8 Å². The fraction of sp³-hybridized carbons (Fsp3) is 0.600. The predicted octanol–water partition coefficient (Wildman–Crippen LogP) is 3.97. The molecule has 1 aromatic carbocycles. The van der Waals surface area contributed by atoms with E-state index in [1.54, 1.807) is 0 Å².